The number of aliphatic hydroxyl groups excluding tert-OH is 1. The van der Waals surface area contributed by atoms with Crippen molar-refractivity contribution >= 4 is 11.4 Å². The molecular weight excluding hydrogens is 192 g/mol. The number of hydrogen-bond donors (Lipinski definition) is 2. The highest BCUT2D eigenvalue weighted by Gasteiger charge is 2.00. The molecule has 1 aromatic carbocycles. The van der Waals surface area contributed by atoms with Crippen molar-refractivity contribution in [2.45, 2.75) is 0 Å². The fourth-order valence-electron chi connectivity index (χ4n) is 1.26. The molecule has 0 saturated carbocycles. The Kier molecular flexibility index (Phi) is 4.93. The standard InChI is InChI=1S/C11H18N2O2/c1-13(5-7-15-8-6-14)11-4-2-3-10(12)9-11/h2-4,9,14H,5-8,12H2,1H3. The summed E-state index contributed by atoms with van der Waals surface area (Å²) in [5.74, 6) is 0. The van der Waals surface area contributed by atoms with Crippen LogP contribution < -0.4 is 10.6 Å². The fraction of sp³-hybridized carbons (Fsp3) is 0.455. The zero-order valence-corrected chi connectivity index (χ0v) is 9.02. The van der Waals surface area contributed by atoms with Gasteiger partial charge in [-0.1, -0.05) is 6.07 Å². The first-order valence-corrected chi connectivity index (χ1v) is 4.99. The van der Waals surface area contributed by atoms with Gasteiger partial charge in [-0.25, -0.2) is 0 Å². The number of hydrogen-bond acceptors (Lipinski definition) is 4. The maximum Gasteiger partial charge on any atom is 0.0698 e. The molecule has 0 bridgehead atoms. The van der Waals surface area contributed by atoms with E-state index in [0.717, 1.165) is 17.9 Å². The van der Waals surface area contributed by atoms with Gasteiger partial charge in [-0.3, -0.25) is 0 Å². The number of nitrogens with zero attached hydrogens (tertiary/aromatic N) is 1. The molecule has 0 unspecified atom stereocenters. The second-order valence-corrected chi connectivity index (χ2v) is 3.35. The van der Waals surface area contributed by atoms with Gasteiger partial charge in [0.1, 0.15) is 0 Å². The average molecular weight is 210 g/mol. The lowest BCUT2D eigenvalue weighted by Gasteiger charge is -2.19. The van der Waals surface area contributed by atoms with Gasteiger partial charge in [-0.2, -0.15) is 0 Å². The molecule has 0 heterocycles. The summed E-state index contributed by atoms with van der Waals surface area (Å²) in [6.45, 7) is 1.85. The zero-order valence-electron chi connectivity index (χ0n) is 9.02. The van der Waals surface area contributed by atoms with Gasteiger partial charge in [0.05, 0.1) is 19.8 Å². The Morgan fingerprint density at radius 2 is 2.20 bits per heavy atom. The highest BCUT2D eigenvalue weighted by atomic mass is 16.5. The van der Waals surface area contributed by atoms with Gasteiger partial charge in [0.15, 0.2) is 0 Å². The Morgan fingerprint density at radius 1 is 1.40 bits per heavy atom. The highest BCUT2D eigenvalue weighted by Crippen LogP contribution is 2.15. The van der Waals surface area contributed by atoms with E-state index in [-0.39, 0.29) is 6.61 Å². The molecular formula is C11H18N2O2. The summed E-state index contributed by atoms with van der Waals surface area (Å²) in [4.78, 5) is 2.06. The average Bonchev–Trinajstić information content (AvgIpc) is 2.24. The third-order valence-corrected chi connectivity index (χ3v) is 2.12. The normalized spacial score (nSPS) is 10.3. The van der Waals surface area contributed by atoms with Crippen LogP contribution >= 0.6 is 0 Å². The number of aliphatic hydroxyl groups is 1. The van der Waals surface area contributed by atoms with Crippen molar-refractivity contribution in [3.05, 3.63) is 24.3 Å². The van der Waals surface area contributed by atoms with Crippen LogP contribution in [0.1, 0.15) is 0 Å². The summed E-state index contributed by atoms with van der Waals surface area (Å²) >= 11 is 0. The van der Waals surface area contributed by atoms with E-state index >= 15 is 0 Å². The topological polar surface area (TPSA) is 58.7 Å². The van der Waals surface area contributed by atoms with E-state index in [0.29, 0.717) is 13.2 Å². The van der Waals surface area contributed by atoms with Gasteiger partial charge in [-0.15, -0.1) is 0 Å². The van der Waals surface area contributed by atoms with Crippen molar-refractivity contribution in [3.8, 4) is 0 Å². The molecule has 1 aromatic rings. The van der Waals surface area contributed by atoms with Crippen LogP contribution in [-0.4, -0.2) is 38.5 Å². The van der Waals surface area contributed by atoms with Gasteiger partial charge in [0.25, 0.3) is 0 Å². The largest absolute Gasteiger partial charge is 0.399 e. The van der Waals surface area contributed by atoms with Gasteiger partial charge >= 0.3 is 0 Å². The van der Waals surface area contributed by atoms with Crippen LogP contribution in [0.15, 0.2) is 24.3 Å². The minimum absolute atomic E-state index is 0.0714. The number of nitrogens with two attached hydrogens (primary N) is 1. The van der Waals surface area contributed by atoms with Crippen LogP contribution in [0.3, 0.4) is 0 Å². The number of benzene rings is 1. The minimum atomic E-state index is 0.0714. The van der Waals surface area contributed by atoms with Crippen molar-refractivity contribution < 1.29 is 9.84 Å². The van der Waals surface area contributed by atoms with Crippen LogP contribution in [0.4, 0.5) is 11.4 Å². The Labute approximate surface area is 90.3 Å². The predicted octanol–water partition coefficient (Wildman–Crippen LogP) is 0.714. The summed E-state index contributed by atoms with van der Waals surface area (Å²) in [6.07, 6.45) is 0. The van der Waals surface area contributed by atoms with E-state index in [1.54, 1.807) is 0 Å². The van der Waals surface area contributed by atoms with Crippen molar-refractivity contribution in [1.29, 1.82) is 0 Å². The SMILES string of the molecule is CN(CCOCCO)c1cccc(N)c1. The summed E-state index contributed by atoms with van der Waals surface area (Å²) in [6, 6.07) is 7.71. The maximum absolute atomic E-state index is 8.53. The van der Waals surface area contributed by atoms with Crippen LogP contribution in [0.25, 0.3) is 0 Å². The van der Waals surface area contributed by atoms with Crippen LogP contribution in [0.2, 0.25) is 0 Å². The zero-order chi connectivity index (χ0) is 11.1. The van der Waals surface area contributed by atoms with Crippen molar-refractivity contribution in [1.82, 2.24) is 0 Å². The third-order valence-electron chi connectivity index (χ3n) is 2.12. The second kappa shape index (κ2) is 6.27. The maximum atomic E-state index is 8.53. The molecule has 0 saturated heterocycles. The molecule has 4 heteroatoms. The van der Waals surface area contributed by atoms with Gasteiger partial charge < -0.3 is 20.5 Å². The van der Waals surface area contributed by atoms with E-state index in [9.17, 15) is 0 Å². The molecule has 0 aromatic heterocycles. The van der Waals surface area contributed by atoms with Crippen LogP contribution in [0.5, 0.6) is 0 Å². The van der Waals surface area contributed by atoms with Crippen LogP contribution in [-0.2, 0) is 4.74 Å². The lowest BCUT2D eigenvalue weighted by Crippen LogP contribution is -2.23. The van der Waals surface area contributed by atoms with E-state index in [4.69, 9.17) is 15.6 Å². The first kappa shape index (κ1) is 11.8. The van der Waals surface area contributed by atoms with Crippen molar-refractivity contribution in [2.24, 2.45) is 0 Å². The number of nitrogen functional groups attached to an aromatic ring is 1. The quantitative estimate of drug-likeness (QED) is 0.536. The van der Waals surface area contributed by atoms with Crippen LogP contribution in [0, 0.1) is 0 Å². The Bertz CT molecular complexity index is 292. The molecule has 84 valence electrons. The third kappa shape index (κ3) is 4.18. The molecule has 0 aliphatic carbocycles. The first-order chi connectivity index (χ1) is 7.24. The number of rotatable bonds is 6. The summed E-state index contributed by atoms with van der Waals surface area (Å²) in [7, 11) is 1.98. The van der Waals surface area contributed by atoms with E-state index in [2.05, 4.69) is 4.90 Å². The minimum Gasteiger partial charge on any atom is -0.399 e. The molecule has 4 nitrogen and oxygen atoms in total. The Balaban J connectivity index is 2.36. The molecule has 0 radical (unpaired) electrons. The van der Waals surface area contributed by atoms with Gasteiger partial charge in [0.2, 0.25) is 0 Å². The van der Waals surface area contributed by atoms with E-state index in [1.807, 2.05) is 31.3 Å². The molecule has 1 rings (SSSR count). The van der Waals surface area contributed by atoms with E-state index < -0.39 is 0 Å². The van der Waals surface area contributed by atoms with Crippen molar-refractivity contribution in [2.75, 3.05) is 44.0 Å². The lowest BCUT2D eigenvalue weighted by atomic mass is 10.2. The number of likely N-dealkylation sites (N-methyl/N-ethyl adjacent to an activating group) is 1. The van der Waals surface area contributed by atoms with Gasteiger partial charge in [0, 0.05) is 25.0 Å². The molecule has 0 atom stereocenters. The first-order valence-electron chi connectivity index (χ1n) is 4.99. The lowest BCUT2D eigenvalue weighted by molar-refractivity contribution is 0.0971. The monoisotopic (exact) mass is 210 g/mol. The molecule has 0 spiro atoms. The number of anilines is 2. The Hall–Kier alpha value is -1.26. The molecule has 3 N–H and O–H groups in total. The molecule has 15 heavy (non-hydrogen) atoms. The molecule has 0 fully saturated rings. The molecule has 0 aliphatic heterocycles. The van der Waals surface area contributed by atoms with Crippen molar-refractivity contribution in [3.63, 3.8) is 0 Å². The second-order valence-electron chi connectivity index (χ2n) is 3.35. The summed E-state index contributed by atoms with van der Waals surface area (Å²) in [5.41, 5.74) is 7.51. The fourth-order valence-corrected chi connectivity index (χ4v) is 1.26. The highest BCUT2D eigenvalue weighted by molar-refractivity contribution is 5.55. The predicted molar refractivity (Wildman–Crippen MR) is 62.0 cm³/mol. The summed E-state index contributed by atoms with van der Waals surface area (Å²) < 4.78 is 5.18. The molecule has 0 amide bonds. The van der Waals surface area contributed by atoms with E-state index in [1.165, 1.54) is 0 Å². The summed E-state index contributed by atoms with van der Waals surface area (Å²) in [5, 5.41) is 8.53. The Morgan fingerprint density at radius 3 is 2.87 bits per heavy atom. The van der Waals surface area contributed by atoms with Gasteiger partial charge in [-0.05, 0) is 18.2 Å². The number of ether oxygens (including phenoxy) is 1. The smallest absolute Gasteiger partial charge is 0.0698 e. The molecule has 0 aliphatic rings.